The van der Waals surface area contributed by atoms with Gasteiger partial charge in [-0.2, -0.15) is 0 Å². The molecule has 6 heteroatoms. The molecule has 2 aromatic rings. The van der Waals surface area contributed by atoms with Gasteiger partial charge in [0.25, 0.3) is 0 Å². The van der Waals surface area contributed by atoms with Crippen LogP contribution in [-0.4, -0.2) is 31.3 Å². The highest BCUT2D eigenvalue weighted by Crippen LogP contribution is 2.26. The van der Waals surface area contributed by atoms with Crippen LogP contribution in [0.5, 0.6) is 0 Å². The second-order valence-corrected chi connectivity index (χ2v) is 4.76. The zero-order chi connectivity index (χ0) is 11.7. The number of rotatable bonds is 2. The van der Waals surface area contributed by atoms with Crippen LogP contribution in [-0.2, 0) is 0 Å². The van der Waals surface area contributed by atoms with E-state index in [1.54, 1.807) is 0 Å². The molecule has 0 amide bonds. The Balaban J connectivity index is 1.79. The minimum Gasteiger partial charge on any atom is -0.366 e. The van der Waals surface area contributed by atoms with Crippen molar-refractivity contribution in [2.24, 2.45) is 5.92 Å². The van der Waals surface area contributed by atoms with Gasteiger partial charge in [-0.15, -0.1) is 14.8 Å². The number of nitrogens with one attached hydrogen (secondary N) is 1. The second kappa shape index (κ2) is 4.27. The molecule has 2 aromatic heterocycles. The van der Waals surface area contributed by atoms with Crippen molar-refractivity contribution in [2.75, 3.05) is 5.32 Å². The summed E-state index contributed by atoms with van der Waals surface area (Å²) in [4.78, 5) is 0. The lowest BCUT2D eigenvalue weighted by atomic mass is 9.86. The van der Waals surface area contributed by atoms with Gasteiger partial charge in [-0.25, -0.2) is 0 Å². The van der Waals surface area contributed by atoms with Gasteiger partial charge >= 0.3 is 0 Å². The molecule has 0 aromatic carbocycles. The lowest BCUT2D eigenvalue weighted by Gasteiger charge is -2.29. The van der Waals surface area contributed by atoms with Gasteiger partial charge in [0.05, 0.1) is 0 Å². The van der Waals surface area contributed by atoms with Crippen LogP contribution in [0, 0.1) is 5.92 Å². The first-order chi connectivity index (χ1) is 8.33. The number of hydrogen-bond donors (Lipinski definition) is 1. The summed E-state index contributed by atoms with van der Waals surface area (Å²) in [5.74, 6) is 1.55. The van der Waals surface area contributed by atoms with Crippen LogP contribution < -0.4 is 5.32 Å². The lowest BCUT2D eigenvalue weighted by molar-refractivity contribution is 0.348. The van der Waals surface area contributed by atoms with E-state index >= 15 is 0 Å². The Bertz CT molecular complexity index is 507. The van der Waals surface area contributed by atoms with E-state index in [4.69, 9.17) is 0 Å². The highest BCUT2D eigenvalue weighted by atomic mass is 15.6. The third kappa shape index (κ3) is 2.07. The monoisotopic (exact) mass is 232 g/mol. The first kappa shape index (κ1) is 10.4. The molecule has 0 radical (unpaired) electrons. The van der Waals surface area contributed by atoms with Gasteiger partial charge < -0.3 is 5.32 Å². The molecule has 2 heterocycles. The molecule has 2 atom stereocenters. The quantitative estimate of drug-likeness (QED) is 0.850. The molecule has 0 bridgehead atoms. The van der Waals surface area contributed by atoms with E-state index in [9.17, 15) is 0 Å². The molecular formula is C11H16N6. The Kier molecular flexibility index (Phi) is 2.62. The molecule has 1 aliphatic rings. The summed E-state index contributed by atoms with van der Waals surface area (Å²) in [6, 6.07) is 4.33. The van der Waals surface area contributed by atoms with Crippen molar-refractivity contribution >= 4 is 11.5 Å². The Morgan fingerprint density at radius 2 is 2.18 bits per heavy atom. The van der Waals surface area contributed by atoms with Crippen LogP contribution in [0.25, 0.3) is 5.65 Å². The summed E-state index contributed by atoms with van der Waals surface area (Å²) >= 11 is 0. The predicted octanol–water partition coefficient (Wildman–Crippen LogP) is 1.51. The number of fused-ring (bicyclic) bond motifs is 1. The summed E-state index contributed by atoms with van der Waals surface area (Å²) in [6.45, 7) is 2.30. The maximum Gasteiger partial charge on any atom is 0.200 e. The summed E-state index contributed by atoms with van der Waals surface area (Å²) in [6.07, 6.45) is 5.16. The fourth-order valence-electron chi connectivity index (χ4n) is 2.45. The number of aromatic nitrogens is 5. The number of anilines is 1. The van der Waals surface area contributed by atoms with E-state index in [0.29, 0.717) is 17.6 Å². The number of tetrazole rings is 1. The van der Waals surface area contributed by atoms with Crippen LogP contribution in [0.15, 0.2) is 12.1 Å². The fourth-order valence-corrected chi connectivity index (χ4v) is 2.45. The normalized spacial score (nSPS) is 25.0. The van der Waals surface area contributed by atoms with Gasteiger partial charge in [-0.1, -0.05) is 19.8 Å². The lowest BCUT2D eigenvalue weighted by Crippen LogP contribution is -2.30. The summed E-state index contributed by atoms with van der Waals surface area (Å²) in [5, 5.41) is 19.0. The minimum atomic E-state index is 0.519. The summed E-state index contributed by atoms with van der Waals surface area (Å²) < 4.78 is 1.45. The maximum atomic E-state index is 4.33. The van der Waals surface area contributed by atoms with Crippen LogP contribution in [0.2, 0.25) is 0 Å². The molecule has 6 nitrogen and oxygen atoms in total. The van der Waals surface area contributed by atoms with Gasteiger partial charge in [-0.05, 0) is 41.3 Å². The molecular weight excluding hydrogens is 216 g/mol. The van der Waals surface area contributed by atoms with Crippen LogP contribution in [0.4, 0.5) is 5.82 Å². The van der Waals surface area contributed by atoms with E-state index in [1.807, 2.05) is 12.1 Å². The van der Waals surface area contributed by atoms with Crippen molar-refractivity contribution in [3.8, 4) is 0 Å². The molecule has 90 valence electrons. The molecule has 1 fully saturated rings. The number of hydrogen-bond acceptors (Lipinski definition) is 5. The molecule has 0 spiro atoms. The molecule has 0 unspecified atom stereocenters. The Hall–Kier alpha value is -1.72. The minimum absolute atomic E-state index is 0.519. The van der Waals surface area contributed by atoms with Crippen molar-refractivity contribution in [2.45, 2.75) is 38.6 Å². The molecule has 0 aliphatic heterocycles. The topological polar surface area (TPSA) is 68.0 Å². The largest absolute Gasteiger partial charge is 0.366 e. The molecule has 0 saturated heterocycles. The fraction of sp³-hybridized carbons (Fsp3) is 0.636. The molecule has 1 N–H and O–H groups in total. The first-order valence-electron chi connectivity index (χ1n) is 6.15. The van der Waals surface area contributed by atoms with E-state index < -0.39 is 0 Å². The smallest absolute Gasteiger partial charge is 0.200 e. The van der Waals surface area contributed by atoms with Crippen molar-refractivity contribution in [1.82, 2.24) is 25.3 Å². The van der Waals surface area contributed by atoms with Gasteiger partial charge in [0.1, 0.15) is 5.82 Å². The molecule has 17 heavy (non-hydrogen) atoms. The molecule has 1 saturated carbocycles. The van der Waals surface area contributed by atoms with Crippen molar-refractivity contribution in [1.29, 1.82) is 0 Å². The van der Waals surface area contributed by atoms with E-state index in [0.717, 1.165) is 5.82 Å². The zero-order valence-corrected chi connectivity index (χ0v) is 9.87. The highest BCUT2D eigenvalue weighted by Gasteiger charge is 2.21. The molecule has 3 rings (SSSR count). The Morgan fingerprint density at radius 1 is 1.29 bits per heavy atom. The summed E-state index contributed by atoms with van der Waals surface area (Å²) in [5.41, 5.74) is 0.673. The Labute approximate surface area is 99.4 Å². The maximum absolute atomic E-state index is 4.33. The van der Waals surface area contributed by atoms with Gasteiger partial charge in [0, 0.05) is 6.04 Å². The van der Waals surface area contributed by atoms with Crippen molar-refractivity contribution < 1.29 is 0 Å². The van der Waals surface area contributed by atoms with E-state index in [1.165, 1.54) is 30.3 Å². The second-order valence-electron chi connectivity index (χ2n) is 4.76. The molecule has 1 aliphatic carbocycles. The van der Waals surface area contributed by atoms with Gasteiger partial charge in [-0.3, -0.25) is 0 Å². The average Bonchev–Trinajstić information content (AvgIpc) is 2.79. The van der Waals surface area contributed by atoms with E-state index in [-0.39, 0.29) is 0 Å². The summed E-state index contributed by atoms with van der Waals surface area (Å²) in [7, 11) is 0. The number of nitrogens with zero attached hydrogens (tertiary/aromatic N) is 5. The Morgan fingerprint density at radius 3 is 3.06 bits per heavy atom. The third-order valence-electron chi connectivity index (χ3n) is 3.51. The van der Waals surface area contributed by atoms with Crippen LogP contribution in [0.3, 0.4) is 0 Å². The van der Waals surface area contributed by atoms with Crippen LogP contribution in [0.1, 0.15) is 32.6 Å². The highest BCUT2D eigenvalue weighted by molar-refractivity contribution is 5.42. The third-order valence-corrected chi connectivity index (χ3v) is 3.51. The van der Waals surface area contributed by atoms with Gasteiger partial charge in [0.2, 0.25) is 0 Å². The first-order valence-corrected chi connectivity index (χ1v) is 6.15. The van der Waals surface area contributed by atoms with Crippen LogP contribution >= 0.6 is 0 Å². The van der Waals surface area contributed by atoms with Gasteiger partial charge in [0.15, 0.2) is 5.65 Å². The standard InChI is InChI=1S/C11H16N6/c1-8-4-2-3-5-9(8)12-10-6-7-11-13-15-16-17(11)14-10/h6-9H,2-5H2,1H3,(H,12,14)/t8-,9-/m1/s1. The average molecular weight is 232 g/mol. The van der Waals surface area contributed by atoms with Crippen molar-refractivity contribution in [3.63, 3.8) is 0 Å². The van der Waals surface area contributed by atoms with E-state index in [2.05, 4.69) is 32.9 Å². The predicted molar refractivity (Wildman–Crippen MR) is 63.6 cm³/mol. The van der Waals surface area contributed by atoms with Crippen molar-refractivity contribution in [3.05, 3.63) is 12.1 Å². The zero-order valence-electron chi connectivity index (χ0n) is 9.87. The SMILES string of the molecule is C[C@@H]1CCCC[C@H]1Nc1ccc2nnnn2n1.